The number of hydrogen-bond donors (Lipinski definition) is 3. The molecular formula is C21H34N4O3. The summed E-state index contributed by atoms with van der Waals surface area (Å²) in [4.78, 5) is 16.3. The number of rotatable bonds is 10. The van der Waals surface area contributed by atoms with E-state index in [0.29, 0.717) is 11.7 Å². The second kappa shape index (κ2) is 13.1. The zero-order valence-corrected chi connectivity index (χ0v) is 17.1. The van der Waals surface area contributed by atoms with Gasteiger partial charge < -0.3 is 25.4 Å². The van der Waals surface area contributed by atoms with E-state index in [1.165, 1.54) is 0 Å². The quantitative estimate of drug-likeness (QED) is 0.322. The zero-order valence-electron chi connectivity index (χ0n) is 17.1. The molecule has 1 fully saturated rings. The van der Waals surface area contributed by atoms with Crippen molar-refractivity contribution >= 4 is 11.9 Å². The molecule has 0 atom stereocenters. The molecule has 1 aliphatic heterocycles. The molecule has 28 heavy (non-hydrogen) atoms. The number of aliphatic imine (C=N–C) groups is 1. The fraction of sp³-hybridized carbons (Fsp3) is 0.619. The van der Waals surface area contributed by atoms with Crippen LogP contribution in [0.2, 0.25) is 0 Å². The van der Waals surface area contributed by atoms with Crippen molar-refractivity contribution in [2.75, 3.05) is 46.5 Å². The summed E-state index contributed by atoms with van der Waals surface area (Å²) in [5.74, 6) is 0.753. The van der Waals surface area contributed by atoms with E-state index in [1.807, 2.05) is 24.3 Å². The smallest absolute Gasteiger partial charge is 0.251 e. The van der Waals surface area contributed by atoms with E-state index in [9.17, 15) is 4.79 Å². The molecule has 3 N–H and O–H groups in total. The lowest BCUT2D eigenvalue weighted by molar-refractivity contribution is -0.0318. The lowest BCUT2D eigenvalue weighted by atomic mass is 10.1. The van der Waals surface area contributed by atoms with Crippen LogP contribution in [-0.4, -0.2) is 64.5 Å². The van der Waals surface area contributed by atoms with Gasteiger partial charge >= 0.3 is 0 Å². The van der Waals surface area contributed by atoms with Crippen LogP contribution in [-0.2, 0) is 15.9 Å². The Morgan fingerprint density at radius 1 is 1.29 bits per heavy atom. The summed E-state index contributed by atoms with van der Waals surface area (Å²) in [5, 5.41) is 9.27. The molecule has 0 unspecified atom stereocenters. The Balaban J connectivity index is 1.69. The number of nitrogens with one attached hydrogen (secondary N) is 3. The van der Waals surface area contributed by atoms with Gasteiger partial charge in [0.15, 0.2) is 5.96 Å². The van der Waals surface area contributed by atoms with Gasteiger partial charge in [-0.2, -0.15) is 0 Å². The maximum atomic E-state index is 11.7. The molecule has 2 rings (SSSR count). The number of ether oxygens (including phenoxy) is 2. The topological polar surface area (TPSA) is 84.0 Å². The van der Waals surface area contributed by atoms with Crippen molar-refractivity contribution in [2.24, 2.45) is 4.99 Å². The van der Waals surface area contributed by atoms with Gasteiger partial charge in [-0.25, -0.2) is 0 Å². The van der Waals surface area contributed by atoms with Gasteiger partial charge in [0, 0.05) is 52.1 Å². The molecule has 0 bridgehead atoms. The maximum Gasteiger partial charge on any atom is 0.251 e. The third-order valence-corrected chi connectivity index (χ3v) is 4.56. The van der Waals surface area contributed by atoms with E-state index in [2.05, 4.69) is 27.9 Å². The minimum absolute atomic E-state index is 0.0623. The van der Waals surface area contributed by atoms with Gasteiger partial charge in [0.1, 0.15) is 0 Å². The Bertz CT molecular complexity index is 615. The Kier molecular flexibility index (Phi) is 10.4. The third kappa shape index (κ3) is 8.27. The molecule has 1 aromatic carbocycles. The zero-order chi connectivity index (χ0) is 20.0. The van der Waals surface area contributed by atoms with E-state index in [0.717, 1.165) is 76.7 Å². The average molecular weight is 391 g/mol. The molecule has 0 saturated carbocycles. The summed E-state index contributed by atoms with van der Waals surface area (Å²) < 4.78 is 11.2. The number of hydrogen-bond acceptors (Lipinski definition) is 4. The average Bonchev–Trinajstić information content (AvgIpc) is 2.74. The molecule has 1 amide bonds. The number of nitrogens with zero attached hydrogens (tertiary/aromatic N) is 1. The minimum atomic E-state index is -0.0623. The van der Waals surface area contributed by atoms with E-state index < -0.39 is 0 Å². The monoisotopic (exact) mass is 390 g/mol. The first-order valence-electron chi connectivity index (χ1n) is 10.3. The van der Waals surface area contributed by atoms with E-state index >= 15 is 0 Å². The molecule has 1 aromatic rings. The number of carbonyl (C=O) groups is 1. The second-order valence-corrected chi connectivity index (χ2v) is 6.75. The highest BCUT2D eigenvalue weighted by molar-refractivity contribution is 5.94. The Labute approximate surface area is 168 Å². The Morgan fingerprint density at radius 3 is 2.86 bits per heavy atom. The van der Waals surface area contributed by atoms with Crippen LogP contribution < -0.4 is 16.0 Å². The Morgan fingerprint density at radius 2 is 2.11 bits per heavy atom. The maximum absolute atomic E-state index is 11.7. The van der Waals surface area contributed by atoms with Crippen molar-refractivity contribution in [3.63, 3.8) is 0 Å². The van der Waals surface area contributed by atoms with Crippen LogP contribution in [0, 0.1) is 0 Å². The lowest BCUT2D eigenvalue weighted by Crippen LogP contribution is -2.38. The van der Waals surface area contributed by atoms with Crippen LogP contribution in [0.4, 0.5) is 0 Å². The molecule has 7 nitrogen and oxygen atoms in total. The number of guanidine groups is 1. The summed E-state index contributed by atoms with van der Waals surface area (Å²) in [5.41, 5.74) is 1.81. The van der Waals surface area contributed by atoms with Gasteiger partial charge in [-0.15, -0.1) is 0 Å². The van der Waals surface area contributed by atoms with Crippen molar-refractivity contribution in [1.29, 1.82) is 0 Å². The van der Waals surface area contributed by atoms with Crippen LogP contribution in [0.3, 0.4) is 0 Å². The SMILES string of the molecule is CCNC(=NCCCOC1CCOCC1)NCCc1cccc(C(=O)NC)c1. The van der Waals surface area contributed by atoms with E-state index in [-0.39, 0.29) is 5.91 Å². The Hall–Kier alpha value is -2.12. The summed E-state index contributed by atoms with van der Waals surface area (Å²) in [6.07, 6.45) is 4.06. The van der Waals surface area contributed by atoms with Crippen molar-refractivity contribution in [3.05, 3.63) is 35.4 Å². The first-order chi connectivity index (χ1) is 13.7. The molecule has 0 spiro atoms. The normalized spacial score (nSPS) is 15.3. The predicted molar refractivity (Wildman–Crippen MR) is 112 cm³/mol. The molecule has 0 aliphatic carbocycles. The summed E-state index contributed by atoms with van der Waals surface area (Å²) >= 11 is 0. The lowest BCUT2D eigenvalue weighted by Gasteiger charge is -2.22. The highest BCUT2D eigenvalue weighted by Gasteiger charge is 2.13. The summed E-state index contributed by atoms with van der Waals surface area (Å²) in [7, 11) is 1.64. The largest absolute Gasteiger partial charge is 0.381 e. The summed E-state index contributed by atoms with van der Waals surface area (Å²) in [6, 6.07) is 7.70. The van der Waals surface area contributed by atoms with Crippen LogP contribution in [0.1, 0.15) is 42.1 Å². The summed E-state index contributed by atoms with van der Waals surface area (Å²) in [6.45, 7) is 6.70. The molecule has 1 aliphatic rings. The number of carbonyl (C=O) groups excluding carboxylic acids is 1. The second-order valence-electron chi connectivity index (χ2n) is 6.75. The predicted octanol–water partition coefficient (Wildman–Crippen LogP) is 1.73. The third-order valence-electron chi connectivity index (χ3n) is 4.56. The van der Waals surface area contributed by atoms with Gasteiger partial charge in [0.25, 0.3) is 5.91 Å². The van der Waals surface area contributed by atoms with Crippen molar-refractivity contribution in [1.82, 2.24) is 16.0 Å². The number of amides is 1. The van der Waals surface area contributed by atoms with Crippen LogP contribution >= 0.6 is 0 Å². The van der Waals surface area contributed by atoms with Gasteiger partial charge in [-0.3, -0.25) is 9.79 Å². The molecule has 7 heteroatoms. The van der Waals surface area contributed by atoms with Crippen LogP contribution in [0.5, 0.6) is 0 Å². The molecule has 1 heterocycles. The fourth-order valence-electron chi connectivity index (χ4n) is 3.03. The van der Waals surface area contributed by atoms with E-state index in [1.54, 1.807) is 7.05 Å². The van der Waals surface area contributed by atoms with Gasteiger partial charge in [-0.05, 0) is 50.3 Å². The molecular weight excluding hydrogens is 356 g/mol. The highest BCUT2D eigenvalue weighted by atomic mass is 16.5. The van der Waals surface area contributed by atoms with Crippen molar-refractivity contribution < 1.29 is 14.3 Å². The van der Waals surface area contributed by atoms with Crippen molar-refractivity contribution in [3.8, 4) is 0 Å². The first kappa shape index (κ1) is 22.2. The minimum Gasteiger partial charge on any atom is -0.381 e. The van der Waals surface area contributed by atoms with Crippen LogP contribution in [0.15, 0.2) is 29.3 Å². The molecule has 0 radical (unpaired) electrons. The molecule has 156 valence electrons. The molecule has 1 saturated heterocycles. The molecule has 0 aromatic heterocycles. The standard InChI is InChI=1S/C21H34N4O3/c1-3-23-21(24-11-5-13-28-19-9-14-27-15-10-19)25-12-8-17-6-4-7-18(16-17)20(26)22-2/h4,6-7,16,19H,3,5,8-15H2,1-2H3,(H,22,26)(H2,23,24,25). The van der Waals surface area contributed by atoms with Gasteiger partial charge in [0.05, 0.1) is 6.10 Å². The first-order valence-corrected chi connectivity index (χ1v) is 10.3. The van der Waals surface area contributed by atoms with Gasteiger partial charge in [-0.1, -0.05) is 12.1 Å². The van der Waals surface area contributed by atoms with E-state index in [4.69, 9.17) is 9.47 Å². The van der Waals surface area contributed by atoms with Crippen LogP contribution in [0.25, 0.3) is 0 Å². The number of benzene rings is 1. The van der Waals surface area contributed by atoms with Gasteiger partial charge in [0.2, 0.25) is 0 Å². The van der Waals surface area contributed by atoms with Crippen molar-refractivity contribution in [2.45, 2.75) is 38.7 Å². The highest BCUT2D eigenvalue weighted by Crippen LogP contribution is 2.10. The fourth-order valence-corrected chi connectivity index (χ4v) is 3.03.